The van der Waals surface area contributed by atoms with Crippen molar-refractivity contribution in [1.29, 1.82) is 0 Å². The number of hydrogen-bond donors (Lipinski definition) is 2. The van der Waals surface area contributed by atoms with Crippen LogP contribution in [-0.2, 0) is 15.9 Å². The van der Waals surface area contributed by atoms with Gasteiger partial charge in [-0.2, -0.15) is 10.2 Å². The van der Waals surface area contributed by atoms with Gasteiger partial charge in [0.05, 0.1) is 26.7 Å². The van der Waals surface area contributed by atoms with E-state index in [2.05, 4.69) is 241 Å². The van der Waals surface area contributed by atoms with Crippen LogP contribution in [-0.4, -0.2) is 56.3 Å². The topological polar surface area (TPSA) is 127 Å². The molecule has 0 spiro atoms. The monoisotopic (exact) mass is 1440 g/mol. The summed E-state index contributed by atoms with van der Waals surface area (Å²) in [7, 11) is 7.36. The summed E-state index contributed by atoms with van der Waals surface area (Å²) < 4.78 is 7.09. The summed E-state index contributed by atoms with van der Waals surface area (Å²) in [4.78, 5) is 17.6. The molecule has 0 aliphatic rings. The Morgan fingerprint density at radius 2 is 0.807 bits per heavy atom. The van der Waals surface area contributed by atoms with E-state index in [1.807, 2.05) is 36.7 Å². The first-order valence-corrected chi connectivity index (χ1v) is 35.3. The number of benzene rings is 6. The average molecular weight is 1450 g/mol. The van der Waals surface area contributed by atoms with E-state index >= 15 is 0 Å². The number of imidazole rings is 2. The van der Waals surface area contributed by atoms with Gasteiger partial charge in [0.15, 0.2) is 11.3 Å². The van der Waals surface area contributed by atoms with Crippen molar-refractivity contribution in [2.45, 2.75) is 0 Å². The van der Waals surface area contributed by atoms with Crippen molar-refractivity contribution in [3.05, 3.63) is 282 Å². The summed E-state index contributed by atoms with van der Waals surface area (Å²) in [6, 6.07) is 79.5. The average Bonchev–Trinajstić information content (AvgIpc) is 4.50. The predicted octanol–water partition coefficient (Wildman–Crippen LogP) is 13.9. The molecule has 6 aromatic carbocycles. The Balaban J connectivity index is 0.000000125. The van der Waals surface area contributed by atoms with Crippen molar-refractivity contribution >= 4 is 179 Å². The van der Waals surface area contributed by atoms with Crippen molar-refractivity contribution in [2.75, 3.05) is 0 Å². The zero-order chi connectivity index (χ0) is 57.8. The zero-order valence-corrected chi connectivity index (χ0v) is 53.5. The number of rotatable bonds is 8. The van der Waals surface area contributed by atoms with Crippen LogP contribution in [0.3, 0.4) is 0 Å². The van der Waals surface area contributed by atoms with E-state index < -0.39 is 23.0 Å². The minimum atomic E-state index is -1.37. The Bertz CT molecular complexity index is 3860. The fraction of sp³-hybridized carbons (Fsp3) is 0. The molecule has 14 rings (SSSR count). The number of thiophene rings is 2. The Kier molecular flexibility index (Phi) is 23.7. The molecule has 8 aromatic heterocycles. The number of aromatic nitrogens is 8. The summed E-state index contributed by atoms with van der Waals surface area (Å²) in [5, 5.41) is 37.6. The van der Waals surface area contributed by atoms with E-state index in [-0.39, 0.29) is 15.9 Å². The van der Waals surface area contributed by atoms with Crippen LogP contribution in [0.1, 0.15) is 0 Å². The van der Waals surface area contributed by atoms with Crippen molar-refractivity contribution in [3.8, 4) is 10.6 Å². The fourth-order valence-electron chi connectivity index (χ4n) is 8.24. The van der Waals surface area contributed by atoms with E-state index in [1.165, 1.54) is 48.6 Å². The number of fused-ring (bicyclic) bond motifs is 4. The van der Waals surface area contributed by atoms with Gasteiger partial charge in [0.25, 0.3) is 0 Å². The van der Waals surface area contributed by atoms with Crippen LogP contribution in [0.5, 0.6) is 0 Å². The molecule has 0 saturated heterocycles. The molecule has 0 atom stereocenters. The molecule has 14 aromatic rings. The molecule has 0 bridgehead atoms. The third-order valence-corrected chi connectivity index (χ3v) is 20.1. The molecule has 0 aliphatic carbocycles. The zero-order valence-electron chi connectivity index (χ0n) is 43.4. The molecular formula is C62H46BCl4IN8O2P2PdS2. The molecule has 0 aliphatic heterocycles. The Morgan fingerprint density at radius 3 is 1.19 bits per heavy atom. The molecule has 2 N–H and O–H groups in total. The largest absolute Gasteiger partial charge is 0.0622 e. The molecule has 0 fully saturated rings. The minimum absolute atomic E-state index is 0.106. The summed E-state index contributed by atoms with van der Waals surface area (Å²) >= 11 is 16.7. The van der Waals surface area contributed by atoms with Crippen LogP contribution in [0.25, 0.3) is 42.0 Å². The molecule has 0 amide bonds. The van der Waals surface area contributed by atoms with E-state index in [0.29, 0.717) is 15.1 Å². The quantitative estimate of drug-likeness (QED) is 0.0875. The van der Waals surface area contributed by atoms with Crippen molar-refractivity contribution in [1.82, 2.24) is 39.2 Å². The van der Waals surface area contributed by atoms with Crippen molar-refractivity contribution in [3.63, 3.8) is 0 Å². The van der Waals surface area contributed by atoms with Gasteiger partial charge in [-0.1, -0.05) is 205 Å². The van der Waals surface area contributed by atoms with Crippen LogP contribution in [0.15, 0.2) is 268 Å². The summed E-state index contributed by atoms with van der Waals surface area (Å²) in [6.07, 6.45) is 10.6. The SMILES string of the molecule is Clc1ccc2ncc(-c3cc4ccncc4s3)n2n1.Clc1ccc2ncc(I)n2n1.OB(O)c1cc2ccncc2s1.[Cl][Pd][Cl].c1ccc(P(c2ccccc2)c2ccccc2)cc1.c1ccc(P(c2ccccc2)c2ccccc2)cc1. The number of hydrogen-bond acceptors (Lipinski definition) is 10. The molecule has 21 heteroatoms. The van der Waals surface area contributed by atoms with Gasteiger partial charge in [0.1, 0.15) is 19.7 Å². The standard InChI is InChI=1S/2C18H15P.C13H7ClN4S.C7H6BNO2S.C6H3ClIN3.2ClH.Pd/c2*1-4-10-16(11-5-1)19(17-12-6-2-7-13-17)18-14-8-3-9-15-18;14-12-1-2-13-16-6-9(18(13)17-12)10-5-8-3-4-15-7-11(8)19-10;10-8(11)7-3-5-1-2-9-4-6(5)12-7;7-4-1-2-6-9-3-5(8)11(6)10-4;;;/h2*1-15H;1-7H;1-4,10-11H;1-3H;2*1H;/q;;;;;;;+2/p-2. The maximum atomic E-state index is 8.87. The normalized spacial score (nSPS) is 10.7. The summed E-state index contributed by atoms with van der Waals surface area (Å²) in [5.74, 6) is 0. The van der Waals surface area contributed by atoms with Gasteiger partial charge in [-0.3, -0.25) is 9.97 Å². The van der Waals surface area contributed by atoms with E-state index in [1.54, 1.807) is 63.4 Å². The molecular weight excluding hydrogens is 1400 g/mol. The molecule has 0 unspecified atom stereocenters. The van der Waals surface area contributed by atoms with Crippen LogP contribution in [0, 0.1) is 3.70 Å². The van der Waals surface area contributed by atoms with Gasteiger partial charge >= 0.3 is 42.1 Å². The maximum absolute atomic E-state index is 8.87. The van der Waals surface area contributed by atoms with Gasteiger partial charge in [0, 0.05) is 29.6 Å². The Morgan fingerprint density at radius 1 is 0.446 bits per heavy atom. The van der Waals surface area contributed by atoms with E-state index in [0.717, 1.165) is 40.4 Å². The van der Waals surface area contributed by atoms with Gasteiger partial charge < -0.3 is 10.0 Å². The first kappa shape index (κ1) is 61.7. The maximum Gasteiger partial charge on any atom is -0.0134 e. The smallest absolute Gasteiger partial charge is 0.0134 e. The van der Waals surface area contributed by atoms with Crippen LogP contribution in [0.4, 0.5) is 0 Å². The van der Waals surface area contributed by atoms with Gasteiger partial charge in [-0.25, -0.2) is 19.0 Å². The third kappa shape index (κ3) is 17.2. The Hall–Kier alpha value is -5.82. The second kappa shape index (κ2) is 31.9. The van der Waals surface area contributed by atoms with Crippen LogP contribution in [0.2, 0.25) is 10.3 Å². The number of pyridine rings is 2. The van der Waals surface area contributed by atoms with E-state index in [4.69, 9.17) is 52.3 Å². The van der Waals surface area contributed by atoms with Gasteiger partial charge in [-0.05, 0) is 130 Å². The fourth-order valence-corrected chi connectivity index (χ4v) is 15.6. The molecule has 416 valence electrons. The van der Waals surface area contributed by atoms with Crippen molar-refractivity contribution < 1.29 is 26.0 Å². The summed E-state index contributed by atoms with van der Waals surface area (Å²) in [5.41, 5.74) is 2.55. The predicted molar refractivity (Wildman–Crippen MR) is 359 cm³/mol. The first-order valence-electron chi connectivity index (χ1n) is 25.1. The molecule has 0 saturated carbocycles. The van der Waals surface area contributed by atoms with Crippen LogP contribution < -0.4 is 36.6 Å². The van der Waals surface area contributed by atoms with Gasteiger partial charge in [-0.15, -0.1) is 22.7 Å². The number of halogens is 5. The molecule has 8 heterocycles. The van der Waals surface area contributed by atoms with E-state index in [9.17, 15) is 0 Å². The second-order valence-corrected chi connectivity index (χ2v) is 28.1. The summed E-state index contributed by atoms with van der Waals surface area (Å²) in [6.45, 7) is 0. The first-order chi connectivity index (χ1) is 40.7. The van der Waals surface area contributed by atoms with Gasteiger partial charge in [0.2, 0.25) is 0 Å². The molecule has 0 radical (unpaired) electrons. The Labute approximate surface area is 530 Å². The van der Waals surface area contributed by atoms with Crippen molar-refractivity contribution in [2.24, 2.45) is 0 Å². The number of nitrogens with zero attached hydrogens (tertiary/aromatic N) is 8. The minimum Gasteiger partial charge on any atom is -0.0622 e. The second-order valence-electron chi connectivity index (χ2n) is 17.3. The molecule has 83 heavy (non-hydrogen) atoms. The molecule has 10 nitrogen and oxygen atoms in total. The van der Waals surface area contributed by atoms with Crippen LogP contribution >= 0.6 is 103 Å². The third-order valence-electron chi connectivity index (χ3n) is 11.9.